The van der Waals surface area contributed by atoms with Crippen LogP contribution in [0.1, 0.15) is 5.56 Å². The van der Waals surface area contributed by atoms with Crippen molar-refractivity contribution in [1.82, 2.24) is 19.5 Å². The zero-order chi connectivity index (χ0) is 14.6. The molecule has 0 bridgehead atoms. The second-order valence-electron chi connectivity index (χ2n) is 4.30. The van der Waals surface area contributed by atoms with Crippen LogP contribution in [0.4, 0.5) is 5.82 Å². The van der Waals surface area contributed by atoms with Crippen LogP contribution in [0.5, 0.6) is 0 Å². The summed E-state index contributed by atoms with van der Waals surface area (Å²) in [6.45, 7) is 0.325. The molecule has 0 radical (unpaired) electrons. The first-order chi connectivity index (χ1) is 9.51. The summed E-state index contributed by atoms with van der Waals surface area (Å²) in [6, 6.07) is 2.96. The van der Waals surface area contributed by atoms with Crippen LogP contribution in [0, 0.1) is 0 Å². The summed E-state index contributed by atoms with van der Waals surface area (Å²) in [5.41, 5.74) is 0.987. The third-order valence-electron chi connectivity index (χ3n) is 2.76. The molecule has 108 valence electrons. The Kier molecular flexibility index (Phi) is 4.35. The summed E-state index contributed by atoms with van der Waals surface area (Å²) >= 11 is 0. The topological polar surface area (TPSA) is 88.9 Å². The first kappa shape index (κ1) is 14.5. The molecule has 0 aliphatic rings. The van der Waals surface area contributed by atoms with Gasteiger partial charge in [0.1, 0.15) is 5.82 Å². The highest BCUT2D eigenvalue weighted by Crippen LogP contribution is 2.12. The molecule has 0 aliphatic heterocycles. The molecule has 0 saturated heterocycles. The van der Waals surface area contributed by atoms with Crippen LogP contribution in [-0.2, 0) is 23.5 Å². The Hall–Kier alpha value is -1.93. The molecule has 0 amide bonds. The Morgan fingerprint density at radius 1 is 1.40 bits per heavy atom. The number of pyridine rings is 1. The van der Waals surface area contributed by atoms with Crippen molar-refractivity contribution in [2.24, 2.45) is 7.05 Å². The summed E-state index contributed by atoms with van der Waals surface area (Å²) < 4.78 is 28.5. The Bertz CT molecular complexity index is 681. The average molecular weight is 295 g/mol. The normalized spacial score (nSPS) is 11.5. The smallest absolute Gasteiger partial charge is 0.240 e. The van der Waals surface area contributed by atoms with Crippen molar-refractivity contribution in [2.75, 3.05) is 18.9 Å². The molecule has 20 heavy (non-hydrogen) atoms. The van der Waals surface area contributed by atoms with E-state index in [4.69, 9.17) is 0 Å². The van der Waals surface area contributed by atoms with Crippen molar-refractivity contribution in [2.45, 2.75) is 11.3 Å². The minimum absolute atomic E-state index is 0.197. The molecule has 2 N–H and O–H groups in total. The molecule has 0 aromatic carbocycles. The van der Waals surface area contributed by atoms with Crippen LogP contribution in [0.3, 0.4) is 0 Å². The first-order valence-corrected chi connectivity index (χ1v) is 7.60. The van der Waals surface area contributed by atoms with Crippen LogP contribution in [0.2, 0.25) is 0 Å². The molecular weight excluding hydrogens is 278 g/mol. The van der Waals surface area contributed by atoms with Gasteiger partial charge in [-0.05, 0) is 18.1 Å². The van der Waals surface area contributed by atoms with E-state index in [1.165, 1.54) is 18.3 Å². The monoisotopic (exact) mass is 295 g/mol. The molecule has 0 spiro atoms. The second kappa shape index (κ2) is 6.02. The minimum Gasteiger partial charge on any atom is -0.373 e. The van der Waals surface area contributed by atoms with Gasteiger partial charge in [0.15, 0.2) is 0 Å². The highest BCUT2D eigenvalue weighted by atomic mass is 32.2. The van der Waals surface area contributed by atoms with Crippen LogP contribution in [-0.4, -0.2) is 36.8 Å². The zero-order valence-corrected chi connectivity index (χ0v) is 12.2. The predicted octanol–water partition coefficient (Wildman–Crippen LogP) is 0.378. The van der Waals surface area contributed by atoms with Crippen molar-refractivity contribution < 1.29 is 8.42 Å². The Morgan fingerprint density at radius 3 is 2.85 bits per heavy atom. The first-order valence-electron chi connectivity index (χ1n) is 6.12. The molecule has 0 aliphatic carbocycles. The SMILES string of the molecule is CNc1cc(S(=O)(=O)NCCc2cnn(C)c2)ccn1. The third kappa shape index (κ3) is 3.55. The van der Waals surface area contributed by atoms with Gasteiger partial charge < -0.3 is 5.32 Å². The van der Waals surface area contributed by atoms with E-state index in [0.717, 1.165) is 5.56 Å². The fourth-order valence-corrected chi connectivity index (χ4v) is 2.77. The maximum Gasteiger partial charge on any atom is 0.240 e. The van der Waals surface area contributed by atoms with Crippen LogP contribution >= 0.6 is 0 Å². The molecule has 8 heteroatoms. The summed E-state index contributed by atoms with van der Waals surface area (Å²) in [7, 11) is -0.00105. The van der Waals surface area contributed by atoms with Gasteiger partial charge in [0.05, 0.1) is 11.1 Å². The van der Waals surface area contributed by atoms with Crippen LogP contribution in [0.15, 0.2) is 35.6 Å². The average Bonchev–Trinajstić information content (AvgIpc) is 2.84. The molecule has 7 nitrogen and oxygen atoms in total. The maximum atomic E-state index is 12.1. The lowest BCUT2D eigenvalue weighted by molar-refractivity contribution is 0.581. The molecule has 2 aromatic heterocycles. The molecule has 2 heterocycles. The maximum absolute atomic E-state index is 12.1. The standard InChI is InChI=1S/C12H17N5O2S/c1-13-12-7-11(4-5-14-12)20(18,19)16-6-3-10-8-15-17(2)9-10/h4-5,7-9,16H,3,6H2,1-2H3,(H,13,14). The second-order valence-corrected chi connectivity index (χ2v) is 6.06. The largest absolute Gasteiger partial charge is 0.373 e. The van der Waals surface area contributed by atoms with Gasteiger partial charge in [-0.1, -0.05) is 0 Å². The summed E-state index contributed by atoms with van der Waals surface area (Å²) in [5, 5.41) is 6.85. The molecule has 0 unspecified atom stereocenters. The number of rotatable bonds is 6. The summed E-state index contributed by atoms with van der Waals surface area (Å²) in [6.07, 6.45) is 5.64. The molecule has 0 atom stereocenters. The van der Waals surface area contributed by atoms with Crippen molar-refractivity contribution in [3.05, 3.63) is 36.3 Å². The van der Waals surface area contributed by atoms with Crippen LogP contribution < -0.4 is 10.0 Å². The minimum atomic E-state index is -3.51. The number of anilines is 1. The van der Waals surface area contributed by atoms with E-state index in [0.29, 0.717) is 18.8 Å². The summed E-state index contributed by atoms with van der Waals surface area (Å²) in [4.78, 5) is 4.18. The number of aromatic nitrogens is 3. The van der Waals surface area contributed by atoms with E-state index < -0.39 is 10.0 Å². The van der Waals surface area contributed by atoms with Gasteiger partial charge in [-0.3, -0.25) is 4.68 Å². The van der Waals surface area contributed by atoms with Gasteiger partial charge in [0, 0.05) is 39.1 Å². The number of hydrogen-bond donors (Lipinski definition) is 2. The lowest BCUT2D eigenvalue weighted by Crippen LogP contribution is -2.26. The van der Waals surface area contributed by atoms with Crippen LogP contribution in [0.25, 0.3) is 0 Å². The van der Waals surface area contributed by atoms with Crippen molar-refractivity contribution in [3.8, 4) is 0 Å². The van der Waals surface area contributed by atoms with Gasteiger partial charge in [-0.15, -0.1) is 0 Å². The molecule has 2 aromatic rings. The number of sulfonamides is 1. The third-order valence-corrected chi connectivity index (χ3v) is 4.22. The fraction of sp³-hybridized carbons (Fsp3) is 0.333. The fourth-order valence-electron chi connectivity index (χ4n) is 1.73. The van der Waals surface area contributed by atoms with Gasteiger partial charge >= 0.3 is 0 Å². The van der Waals surface area contributed by atoms with E-state index in [1.54, 1.807) is 17.9 Å². The van der Waals surface area contributed by atoms with Crippen molar-refractivity contribution in [3.63, 3.8) is 0 Å². The van der Waals surface area contributed by atoms with Gasteiger partial charge in [-0.2, -0.15) is 5.10 Å². The highest BCUT2D eigenvalue weighted by Gasteiger charge is 2.14. The van der Waals surface area contributed by atoms with Gasteiger partial charge in [0.2, 0.25) is 10.0 Å². The number of aryl methyl sites for hydroxylation is 1. The molecular formula is C12H17N5O2S. The quantitative estimate of drug-likeness (QED) is 0.804. The Labute approximate surface area is 118 Å². The number of nitrogens with zero attached hydrogens (tertiary/aromatic N) is 3. The van der Waals surface area contributed by atoms with E-state index in [9.17, 15) is 8.42 Å². The van der Waals surface area contributed by atoms with Crippen molar-refractivity contribution >= 4 is 15.8 Å². The molecule has 2 rings (SSSR count). The zero-order valence-electron chi connectivity index (χ0n) is 11.4. The van der Waals surface area contributed by atoms with Gasteiger partial charge in [0.25, 0.3) is 0 Å². The van der Waals surface area contributed by atoms with E-state index in [2.05, 4.69) is 20.1 Å². The van der Waals surface area contributed by atoms with E-state index >= 15 is 0 Å². The number of hydrogen-bond acceptors (Lipinski definition) is 5. The van der Waals surface area contributed by atoms with Crippen molar-refractivity contribution in [1.29, 1.82) is 0 Å². The summed E-state index contributed by atoms with van der Waals surface area (Å²) in [5.74, 6) is 0.514. The number of nitrogens with one attached hydrogen (secondary N) is 2. The van der Waals surface area contributed by atoms with E-state index in [-0.39, 0.29) is 4.90 Å². The van der Waals surface area contributed by atoms with E-state index in [1.807, 2.05) is 13.2 Å². The lowest BCUT2D eigenvalue weighted by atomic mass is 10.3. The molecule has 0 fully saturated rings. The van der Waals surface area contributed by atoms with Gasteiger partial charge in [-0.25, -0.2) is 18.1 Å². The highest BCUT2D eigenvalue weighted by molar-refractivity contribution is 7.89. The Morgan fingerprint density at radius 2 is 2.20 bits per heavy atom. The lowest BCUT2D eigenvalue weighted by Gasteiger charge is -2.07. The predicted molar refractivity (Wildman–Crippen MR) is 75.9 cm³/mol. The Balaban J connectivity index is 2.00. The molecule has 0 saturated carbocycles.